The van der Waals surface area contributed by atoms with E-state index in [2.05, 4.69) is 22.3 Å². The Morgan fingerprint density at radius 1 is 1.04 bits per heavy atom. The summed E-state index contributed by atoms with van der Waals surface area (Å²) in [6.45, 7) is 4.79. The van der Waals surface area contributed by atoms with Crippen LogP contribution in [-0.4, -0.2) is 42.9 Å². The first-order chi connectivity index (χ1) is 13.1. The van der Waals surface area contributed by atoms with Crippen molar-refractivity contribution < 1.29 is 18.3 Å². The van der Waals surface area contributed by atoms with E-state index in [4.69, 9.17) is 4.74 Å². The van der Waals surface area contributed by atoms with Gasteiger partial charge in [-0.1, -0.05) is 36.0 Å². The number of halogens is 2. The Bertz CT molecular complexity index is 733. The number of rotatable bonds is 7. The zero-order chi connectivity index (χ0) is 19.1. The van der Waals surface area contributed by atoms with E-state index in [1.165, 1.54) is 17.7 Å². The molecule has 0 atom stereocenters. The van der Waals surface area contributed by atoms with Crippen LogP contribution in [0.25, 0.3) is 0 Å². The van der Waals surface area contributed by atoms with Gasteiger partial charge >= 0.3 is 0 Å². The molecule has 0 aromatic heterocycles. The molecule has 2 aromatic carbocycles. The minimum Gasteiger partial charge on any atom is -0.379 e. The summed E-state index contributed by atoms with van der Waals surface area (Å²) in [6.07, 6.45) is 0. The predicted molar refractivity (Wildman–Crippen MR) is 102 cm³/mol. The number of carbonyl (C=O) groups is 1. The second kappa shape index (κ2) is 9.82. The van der Waals surface area contributed by atoms with Gasteiger partial charge in [-0.25, -0.2) is 0 Å². The fourth-order valence-corrected chi connectivity index (χ4v) is 3.35. The zero-order valence-corrected chi connectivity index (χ0v) is 15.7. The summed E-state index contributed by atoms with van der Waals surface area (Å²) < 4.78 is 30.0. The molecular formula is C20H22F2N2O2S. The lowest BCUT2D eigenvalue weighted by molar-refractivity contribution is 0.0342. The summed E-state index contributed by atoms with van der Waals surface area (Å²) >= 11 is 0.467. The Labute approximate surface area is 161 Å². The number of carbonyl (C=O) groups excluding carboxylic acids is 1. The first-order valence-electron chi connectivity index (χ1n) is 8.81. The van der Waals surface area contributed by atoms with Gasteiger partial charge in [0.2, 0.25) is 0 Å². The van der Waals surface area contributed by atoms with Crippen molar-refractivity contribution in [1.29, 1.82) is 0 Å². The third kappa shape index (κ3) is 6.30. The third-order valence-corrected chi connectivity index (χ3v) is 5.05. The van der Waals surface area contributed by atoms with Gasteiger partial charge in [-0.2, -0.15) is 8.78 Å². The average molecular weight is 392 g/mol. The molecule has 1 fully saturated rings. The van der Waals surface area contributed by atoms with E-state index in [0.29, 0.717) is 28.8 Å². The molecule has 1 heterocycles. The molecule has 4 nitrogen and oxygen atoms in total. The first-order valence-corrected chi connectivity index (χ1v) is 9.69. The number of morpholine rings is 1. The van der Waals surface area contributed by atoms with Crippen LogP contribution in [0.15, 0.2) is 53.4 Å². The van der Waals surface area contributed by atoms with Crippen molar-refractivity contribution in [2.24, 2.45) is 0 Å². The Morgan fingerprint density at radius 2 is 1.67 bits per heavy atom. The van der Waals surface area contributed by atoms with E-state index in [0.717, 1.165) is 38.4 Å². The highest BCUT2D eigenvalue weighted by Crippen LogP contribution is 2.25. The molecule has 0 aliphatic carbocycles. The van der Waals surface area contributed by atoms with Crippen LogP contribution in [0.2, 0.25) is 0 Å². The van der Waals surface area contributed by atoms with Crippen LogP contribution in [0.1, 0.15) is 21.5 Å². The second-order valence-electron chi connectivity index (χ2n) is 6.29. The Balaban J connectivity index is 1.48. The molecule has 0 spiro atoms. The molecule has 1 aliphatic heterocycles. The van der Waals surface area contributed by atoms with E-state index in [1.807, 2.05) is 12.1 Å². The number of hydrogen-bond acceptors (Lipinski definition) is 4. The number of nitrogens with one attached hydrogen (secondary N) is 1. The predicted octanol–water partition coefficient (Wildman–Crippen LogP) is 3.76. The topological polar surface area (TPSA) is 41.6 Å². The van der Waals surface area contributed by atoms with Gasteiger partial charge < -0.3 is 10.1 Å². The number of amides is 1. The van der Waals surface area contributed by atoms with E-state index in [-0.39, 0.29) is 5.91 Å². The van der Waals surface area contributed by atoms with Gasteiger partial charge in [0.1, 0.15) is 0 Å². The molecule has 1 aliphatic rings. The molecule has 1 N–H and O–H groups in total. The number of benzene rings is 2. The lowest BCUT2D eigenvalue weighted by atomic mass is 10.1. The first kappa shape index (κ1) is 19.8. The van der Waals surface area contributed by atoms with Gasteiger partial charge in [0.05, 0.1) is 13.2 Å². The quantitative estimate of drug-likeness (QED) is 0.729. The van der Waals surface area contributed by atoms with Crippen molar-refractivity contribution >= 4 is 17.7 Å². The molecular weight excluding hydrogens is 370 g/mol. The molecule has 0 unspecified atom stereocenters. The van der Waals surface area contributed by atoms with Gasteiger partial charge in [0, 0.05) is 36.6 Å². The Morgan fingerprint density at radius 3 is 2.30 bits per heavy atom. The van der Waals surface area contributed by atoms with Crippen molar-refractivity contribution in [3.05, 3.63) is 65.2 Å². The van der Waals surface area contributed by atoms with Gasteiger partial charge in [-0.3, -0.25) is 9.69 Å². The molecule has 1 amide bonds. The Kier molecular flexibility index (Phi) is 7.20. The molecule has 2 aromatic rings. The maximum absolute atomic E-state index is 12.3. The number of hydrogen-bond donors (Lipinski definition) is 1. The second-order valence-corrected chi connectivity index (χ2v) is 7.35. The summed E-state index contributed by atoms with van der Waals surface area (Å²) in [5, 5.41) is 2.86. The summed E-state index contributed by atoms with van der Waals surface area (Å²) in [4.78, 5) is 15.0. The van der Waals surface area contributed by atoms with Crippen molar-refractivity contribution in [3.63, 3.8) is 0 Å². The SMILES string of the molecule is O=C(NCc1ccc(CN2CCOCC2)cc1)c1ccc(SC(F)F)cc1. The van der Waals surface area contributed by atoms with Crippen LogP contribution in [0.5, 0.6) is 0 Å². The normalized spacial score (nSPS) is 15.1. The molecule has 27 heavy (non-hydrogen) atoms. The zero-order valence-electron chi connectivity index (χ0n) is 14.9. The van der Waals surface area contributed by atoms with Crippen LogP contribution in [0, 0.1) is 0 Å². The van der Waals surface area contributed by atoms with E-state index in [1.54, 1.807) is 12.1 Å². The van der Waals surface area contributed by atoms with Crippen LogP contribution in [0.4, 0.5) is 8.78 Å². The van der Waals surface area contributed by atoms with Crippen molar-refractivity contribution in [3.8, 4) is 0 Å². The van der Waals surface area contributed by atoms with Crippen LogP contribution >= 0.6 is 11.8 Å². The lowest BCUT2D eigenvalue weighted by Gasteiger charge is -2.26. The molecule has 144 valence electrons. The standard InChI is InChI=1S/C20H22F2N2O2S/c21-20(22)27-18-7-5-17(6-8-18)19(25)23-13-15-1-3-16(4-2-15)14-24-9-11-26-12-10-24/h1-8,20H,9-14H2,(H,23,25). The summed E-state index contributed by atoms with van der Waals surface area (Å²) in [5.41, 5.74) is 2.70. The average Bonchev–Trinajstić information content (AvgIpc) is 2.68. The third-order valence-electron chi connectivity index (χ3n) is 4.33. The van der Waals surface area contributed by atoms with Gasteiger partial charge in [-0.15, -0.1) is 0 Å². The van der Waals surface area contributed by atoms with Gasteiger partial charge in [0.15, 0.2) is 0 Å². The van der Waals surface area contributed by atoms with Gasteiger partial charge in [-0.05, 0) is 35.4 Å². The number of nitrogens with zero attached hydrogens (tertiary/aromatic N) is 1. The highest BCUT2D eigenvalue weighted by molar-refractivity contribution is 7.99. The molecule has 7 heteroatoms. The summed E-state index contributed by atoms with van der Waals surface area (Å²) in [6, 6.07) is 14.4. The van der Waals surface area contributed by atoms with Gasteiger partial charge in [0.25, 0.3) is 11.7 Å². The minimum atomic E-state index is -2.46. The summed E-state index contributed by atoms with van der Waals surface area (Å²) in [7, 11) is 0. The molecule has 3 rings (SSSR count). The fourth-order valence-electron chi connectivity index (χ4n) is 2.85. The fraction of sp³-hybridized carbons (Fsp3) is 0.350. The van der Waals surface area contributed by atoms with E-state index < -0.39 is 5.76 Å². The number of thioether (sulfide) groups is 1. The molecule has 0 saturated carbocycles. The van der Waals surface area contributed by atoms with Crippen LogP contribution in [0.3, 0.4) is 0 Å². The highest BCUT2D eigenvalue weighted by atomic mass is 32.2. The minimum absolute atomic E-state index is 0.221. The maximum atomic E-state index is 12.3. The number of alkyl halides is 2. The van der Waals surface area contributed by atoms with Crippen molar-refractivity contribution in [2.45, 2.75) is 23.7 Å². The van der Waals surface area contributed by atoms with E-state index >= 15 is 0 Å². The lowest BCUT2D eigenvalue weighted by Crippen LogP contribution is -2.35. The molecule has 0 bridgehead atoms. The maximum Gasteiger partial charge on any atom is 0.288 e. The van der Waals surface area contributed by atoms with Crippen molar-refractivity contribution in [1.82, 2.24) is 10.2 Å². The largest absolute Gasteiger partial charge is 0.379 e. The Hall–Kier alpha value is -1.96. The smallest absolute Gasteiger partial charge is 0.288 e. The monoisotopic (exact) mass is 392 g/mol. The summed E-state index contributed by atoms with van der Waals surface area (Å²) in [5.74, 6) is -2.68. The number of ether oxygens (including phenoxy) is 1. The van der Waals surface area contributed by atoms with Crippen molar-refractivity contribution in [2.75, 3.05) is 26.3 Å². The molecule has 1 saturated heterocycles. The van der Waals surface area contributed by atoms with E-state index in [9.17, 15) is 13.6 Å². The van der Waals surface area contributed by atoms with Crippen LogP contribution < -0.4 is 5.32 Å². The van der Waals surface area contributed by atoms with Crippen LogP contribution in [-0.2, 0) is 17.8 Å². The molecule has 0 radical (unpaired) electrons. The highest BCUT2D eigenvalue weighted by Gasteiger charge is 2.11.